The van der Waals surface area contributed by atoms with Gasteiger partial charge in [0.2, 0.25) is 5.91 Å². The number of ketones is 1. The molecule has 314 valence electrons. The summed E-state index contributed by atoms with van der Waals surface area (Å²) in [6, 6.07) is 36.6. The molecular formula is C49H45N5O8. The van der Waals surface area contributed by atoms with Gasteiger partial charge in [-0.15, -0.1) is 0 Å². The van der Waals surface area contributed by atoms with Crippen LogP contribution in [0.3, 0.4) is 0 Å². The van der Waals surface area contributed by atoms with Crippen LogP contribution in [0.15, 0.2) is 127 Å². The smallest absolute Gasteiger partial charge is 0.411 e. The number of Topliss-reactive ketones (excluding diaryl/α,β-unsaturated/α-hetero) is 1. The molecule has 13 heteroatoms. The van der Waals surface area contributed by atoms with Crippen molar-refractivity contribution in [2.75, 3.05) is 38.1 Å². The number of nitrogens with zero attached hydrogens (tertiary/aromatic N) is 1. The van der Waals surface area contributed by atoms with Crippen LogP contribution in [-0.2, 0) is 25.6 Å². The minimum absolute atomic E-state index is 0.0132. The van der Waals surface area contributed by atoms with Crippen molar-refractivity contribution in [3.05, 3.63) is 161 Å². The molecule has 0 saturated carbocycles. The van der Waals surface area contributed by atoms with Gasteiger partial charge in [-0.2, -0.15) is 0 Å². The zero-order valence-corrected chi connectivity index (χ0v) is 34.6. The summed E-state index contributed by atoms with van der Waals surface area (Å²) in [7, 11) is 4.48. The molecule has 2 aliphatic rings. The van der Waals surface area contributed by atoms with Crippen molar-refractivity contribution in [3.8, 4) is 16.9 Å². The average Bonchev–Trinajstić information content (AvgIpc) is 3.57. The lowest BCUT2D eigenvalue weighted by atomic mass is 9.95. The molecule has 13 nitrogen and oxygen atoms in total. The Morgan fingerprint density at radius 2 is 1.42 bits per heavy atom. The molecule has 0 radical (unpaired) electrons. The Balaban J connectivity index is 1.06. The van der Waals surface area contributed by atoms with E-state index in [1.807, 2.05) is 30.3 Å². The summed E-state index contributed by atoms with van der Waals surface area (Å²) in [6.07, 6.45) is -1.97. The number of nitrogens with one attached hydrogen (secondary N) is 4. The maximum atomic E-state index is 14.8. The molecule has 3 unspecified atom stereocenters. The lowest BCUT2D eigenvalue weighted by molar-refractivity contribution is -0.129. The molecule has 4 N–H and O–H groups in total. The molecule has 3 amide bonds. The molecule has 6 aromatic rings. The number of amides is 3. The predicted octanol–water partition coefficient (Wildman–Crippen LogP) is 7.11. The van der Waals surface area contributed by atoms with Gasteiger partial charge in [0.15, 0.2) is 11.9 Å². The van der Waals surface area contributed by atoms with Crippen LogP contribution in [0.2, 0.25) is 0 Å². The Labute approximate surface area is 358 Å². The molecule has 1 aliphatic carbocycles. The van der Waals surface area contributed by atoms with Crippen LogP contribution in [0.25, 0.3) is 21.9 Å². The topological polar surface area (TPSA) is 164 Å². The number of para-hydroxylation sites is 1. The highest BCUT2D eigenvalue weighted by Crippen LogP contribution is 2.44. The molecule has 0 fully saturated rings. The van der Waals surface area contributed by atoms with E-state index in [2.05, 4.69) is 45.5 Å². The summed E-state index contributed by atoms with van der Waals surface area (Å²) in [5.74, 6) is -1.45. The van der Waals surface area contributed by atoms with Crippen LogP contribution in [0.5, 0.6) is 5.75 Å². The van der Waals surface area contributed by atoms with Crippen molar-refractivity contribution in [3.63, 3.8) is 0 Å². The molecule has 1 aliphatic heterocycles. The van der Waals surface area contributed by atoms with Crippen molar-refractivity contribution >= 4 is 51.8 Å². The second kappa shape index (κ2) is 17.7. The zero-order valence-electron chi connectivity index (χ0n) is 34.6. The van der Waals surface area contributed by atoms with E-state index in [1.54, 1.807) is 86.8 Å². The molecule has 62 heavy (non-hydrogen) atoms. The van der Waals surface area contributed by atoms with Crippen LogP contribution >= 0.6 is 0 Å². The van der Waals surface area contributed by atoms with Gasteiger partial charge < -0.3 is 29.7 Å². The quantitative estimate of drug-likeness (QED) is 0.0739. The van der Waals surface area contributed by atoms with E-state index < -0.39 is 42.1 Å². The summed E-state index contributed by atoms with van der Waals surface area (Å²) >= 11 is 0. The van der Waals surface area contributed by atoms with Gasteiger partial charge >= 0.3 is 12.1 Å². The molecule has 6 aromatic carbocycles. The Hall–Kier alpha value is -7.35. The number of carbonyl (C=O) groups excluding carboxylic acids is 5. The molecule has 0 aromatic heterocycles. The first-order valence-corrected chi connectivity index (χ1v) is 20.2. The Kier molecular flexibility index (Phi) is 11.8. The first kappa shape index (κ1) is 41.4. The van der Waals surface area contributed by atoms with Gasteiger partial charge in [0.25, 0.3) is 5.91 Å². The number of esters is 1. The van der Waals surface area contributed by atoms with Gasteiger partial charge in [-0.1, -0.05) is 78.9 Å². The number of fused-ring (bicyclic) bond motifs is 5. The number of methoxy groups -OCH3 is 2. The lowest BCUT2D eigenvalue weighted by Crippen LogP contribution is -2.58. The molecular weight excluding hydrogens is 787 g/mol. The third-order valence-corrected chi connectivity index (χ3v) is 11.6. The van der Waals surface area contributed by atoms with Crippen molar-refractivity contribution < 1.29 is 38.2 Å². The number of hydrogen-bond donors (Lipinski definition) is 4. The molecule has 3 atom stereocenters. The maximum Gasteiger partial charge on any atom is 0.411 e. The van der Waals surface area contributed by atoms with Gasteiger partial charge in [0.05, 0.1) is 32.4 Å². The van der Waals surface area contributed by atoms with E-state index in [0.29, 0.717) is 39.4 Å². The summed E-state index contributed by atoms with van der Waals surface area (Å²) in [6.45, 7) is 1.79. The van der Waals surface area contributed by atoms with Gasteiger partial charge in [-0.05, 0) is 95.5 Å². The normalized spacial score (nSPS) is 16.0. The standard InChI is InChI=1S/C49H45N5O8/c1-28(50-2)46(56)53-45-47(57)54(26-39-33-23-19-31(48(58)61-4)25-30(33)20-24-42(39)60-3)41-16-10-9-15-38(41)43(52-45)44(55)29-17-21-32(22-18-29)51-49(59)62-27-40-36-13-7-5-11-34(36)35-12-6-8-14-37(35)40/h5-25,28,40,43,45,50,52H,26-27H2,1-4H3,(H,51,59)(H,53,56). The fourth-order valence-corrected chi connectivity index (χ4v) is 8.23. The van der Waals surface area contributed by atoms with Gasteiger partial charge in [0.1, 0.15) is 18.4 Å². The molecule has 8 rings (SSSR count). The first-order chi connectivity index (χ1) is 30.1. The van der Waals surface area contributed by atoms with Crippen molar-refractivity contribution in [2.45, 2.75) is 37.6 Å². The third-order valence-electron chi connectivity index (χ3n) is 11.6. The SMILES string of the molecule is CNC(C)C(=O)NC1NC(C(=O)c2ccc(NC(=O)OCC3c4ccccc4-c4ccccc43)cc2)c2ccccc2N(Cc2c(OC)ccc3cc(C(=O)OC)ccc23)C1=O. The number of likely N-dealkylation sites (N-methyl/N-ethyl adjacent to an activating group) is 1. The van der Waals surface area contributed by atoms with Gasteiger partial charge in [-0.25, -0.2) is 9.59 Å². The number of benzene rings is 6. The van der Waals surface area contributed by atoms with Crippen LogP contribution in [0, 0.1) is 0 Å². The highest BCUT2D eigenvalue weighted by molar-refractivity contribution is 6.07. The van der Waals surface area contributed by atoms with Crippen molar-refractivity contribution in [2.24, 2.45) is 0 Å². The molecule has 1 heterocycles. The summed E-state index contributed by atoms with van der Waals surface area (Å²) in [4.78, 5) is 69.7. The Morgan fingerprint density at radius 1 is 0.774 bits per heavy atom. The fraction of sp³-hybridized carbons (Fsp3) is 0.204. The molecule has 0 bridgehead atoms. The van der Waals surface area contributed by atoms with Crippen LogP contribution in [-0.4, -0.2) is 69.7 Å². The lowest BCUT2D eigenvalue weighted by Gasteiger charge is -2.28. The van der Waals surface area contributed by atoms with Gasteiger partial charge in [0, 0.05) is 34.0 Å². The number of anilines is 2. The number of carbonyl (C=O) groups is 5. The van der Waals surface area contributed by atoms with Crippen molar-refractivity contribution in [1.82, 2.24) is 16.0 Å². The van der Waals surface area contributed by atoms with Gasteiger partial charge in [-0.3, -0.25) is 25.0 Å². The Morgan fingerprint density at radius 3 is 2.08 bits per heavy atom. The van der Waals surface area contributed by atoms with E-state index >= 15 is 0 Å². The minimum atomic E-state index is -1.33. The zero-order chi connectivity index (χ0) is 43.5. The molecule has 0 spiro atoms. The predicted molar refractivity (Wildman–Crippen MR) is 235 cm³/mol. The van der Waals surface area contributed by atoms with E-state index in [4.69, 9.17) is 14.2 Å². The largest absolute Gasteiger partial charge is 0.496 e. The summed E-state index contributed by atoms with van der Waals surface area (Å²) in [5.41, 5.74) is 7.12. The van der Waals surface area contributed by atoms with E-state index in [1.165, 1.54) is 19.1 Å². The number of ether oxygens (including phenoxy) is 3. The minimum Gasteiger partial charge on any atom is -0.496 e. The third kappa shape index (κ3) is 7.98. The van der Waals surface area contributed by atoms with E-state index in [0.717, 1.165) is 33.0 Å². The second-order valence-electron chi connectivity index (χ2n) is 15.1. The highest BCUT2D eigenvalue weighted by Gasteiger charge is 2.39. The monoisotopic (exact) mass is 831 g/mol. The van der Waals surface area contributed by atoms with Crippen LogP contribution < -0.4 is 30.9 Å². The first-order valence-electron chi connectivity index (χ1n) is 20.2. The second-order valence-corrected chi connectivity index (χ2v) is 15.1. The number of rotatable bonds is 12. The molecule has 0 saturated heterocycles. The number of hydrogen-bond acceptors (Lipinski definition) is 10. The van der Waals surface area contributed by atoms with Crippen LogP contribution in [0.4, 0.5) is 16.2 Å². The Bertz CT molecular complexity index is 2670. The van der Waals surface area contributed by atoms with E-state index in [-0.39, 0.29) is 24.9 Å². The maximum absolute atomic E-state index is 14.8. The summed E-state index contributed by atoms with van der Waals surface area (Å²) in [5, 5.41) is 13.1. The van der Waals surface area contributed by atoms with Crippen LogP contribution in [0.1, 0.15) is 61.9 Å². The summed E-state index contributed by atoms with van der Waals surface area (Å²) < 4.78 is 16.4. The average molecular weight is 832 g/mol. The highest BCUT2D eigenvalue weighted by atomic mass is 16.5. The fourth-order valence-electron chi connectivity index (χ4n) is 8.23. The van der Waals surface area contributed by atoms with E-state index in [9.17, 15) is 24.0 Å². The van der Waals surface area contributed by atoms with Crippen molar-refractivity contribution in [1.29, 1.82) is 0 Å².